The van der Waals surface area contributed by atoms with E-state index in [4.69, 9.17) is 9.72 Å². The number of nitrogens with zero attached hydrogens (tertiary/aromatic N) is 2. The summed E-state index contributed by atoms with van der Waals surface area (Å²) in [6.45, 7) is 9.72. The number of carbonyl (C=O) groups excluding carboxylic acids is 1. The number of benzene rings is 3. The van der Waals surface area contributed by atoms with Crippen molar-refractivity contribution in [3.63, 3.8) is 0 Å². The van der Waals surface area contributed by atoms with Crippen LogP contribution in [0.3, 0.4) is 0 Å². The monoisotopic (exact) mass is 495 g/mol. The van der Waals surface area contributed by atoms with Gasteiger partial charge in [-0.3, -0.25) is 4.79 Å². The third-order valence-electron chi connectivity index (χ3n) is 6.24. The second-order valence-electron chi connectivity index (χ2n) is 10.7. The number of aromatic nitrogens is 2. The summed E-state index contributed by atoms with van der Waals surface area (Å²) in [4.78, 5) is 17.8. The predicted molar refractivity (Wildman–Crippen MR) is 148 cm³/mol. The zero-order chi connectivity index (χ0) is 26.5. The van der Waals surface area contributed by atoms with Crippen LogP contribution in [0.15, 0.2) is 104 Å². The molecule has 5 heteroatoms. The Balaban J connectivity index is 1.82. The number of hydrogen-bond acceptors (Lipinski definition) is 4. The fourth-order valence-electron chi connectivity index (χ4n) is 4.83. The first kappa shape index (κ1) is 26.4. The molecule has 1 atom stereocenters. The van der Waals surface area contributed by atoms with Gasteiger partial charge in [0.1, 0.15) is 17.2 Å². The van der Waals surface area contributed by atoms with E-state index in [-0.39, 0.29) is 12.0 Å². The van der Waals surface area contributed by atoms with Gasteiger partial charge in [-0.1, -0.05) is 105 Å². The van der Waals surface area contributed by atoms with Crippen LogP contribution in [0.4, 0.5) is 0 Å². The molecule has 0 aliphatic carbocycles. The first-order valence-electron chi connectivity index (χ1n) is 12.9. The van der Waals surface area contributed by atoms with Crippen LogP contribution in [-0.2, 0) is 21.5 Å². The standard InChI is InChI=1S/C32H37N3O2/c1-24(2)34-29(30(36)37-31(3,4)5)21-28-22-35(23-33-28)32(25-15-9-6-10-16-25,26-17-11-7-12-18-26)27-19-13-8-14-20-27/h6-20,22-24,29,34H,21H2,1-5H3/t29-/m0/s1. The maximum Gasteiger partial charge on any atom is 0.324 e. The molecule has 0 radical (unpaired) electrons. The minimum absolute atomic E-state index is 0.122. The van der Waals surface area contributed by atoms with E-state index in [9.17, 15) is 4.79 Å². The zero-order valence-corrected chi connectivity index (χ0v) is 22.4. The molecule has 4 rings (SSSR count). The summed E-state index contributed by atoms with van der Waals surface area (Å²) in [5.41, 5.74) is 3.00. The zero-order valence-electron chi connectivity index (χ0n) is 22.4. The first-order valence-corrected chi connectivity index (χ1v) is 12.9. The molecule has 1 aromatic heterocycles. The van der Waals surface area contributed by atoms with Gasteiger partial charge in [-0.2, -0.15) is 0 Å². The van der Waals surface area contributed by atoms with Gasteiger partial charge in [0.05, 0.1) is 12.0 Å². The van der Waals surface area contributed by atoms with Crippen molar-refractivity contribution < 1.29 is 9.53 Å². The Bertz CT molecular complexity index is 1180. The molecule has 192 valence electrons. The van der Waals surface area contributed by atoms with E-state index in [1.54, 1.807) is 0 Å². The molecule has 4 aromatic rings. The Morgan fingerprint density at radius 1 is 0.838 bits per heavy atom. The van der Waals surface area contributed by atoms with E-state index in [0.717, 1.165) is 22.4 Å². The van der Waals surface area contributed by atoms with Crippen molar-refractivity contribution in [1.29, 1.82) is 0 Å². The van der Waals surface area contributed by atoms with Crippen molar-refractivity contribution in [3.05, 3.63) is 126 Å². The molecule has 0 fully saturated rings. The van der Waals surface area contributed by atoms with E-state index >= 15 is 0 Å². The highest BCUT2D eigenvalue weighted by Crippen LogP contribution is 2.40. The maximum atomic E-state index is 13.0. The van der Waals surface area contributed by atoms with Crippen molar-refractivity contribution in [1.82, 2.24) is 14.9 Å². The van der Waals surface area contributed by atoms with Crippen LogP contribution in [0.1, 0.15) is 57.0 Å². The van der Waals surface area contributed by atoms with Gasteiger partial charge in [-0.25, -0.2) is 4.98 Å². The fourth-order valence-corrected chi connectivity index (χ4v) is 4.83. The van der Waals surface area contributed by atoms with Crippen LogP contribution in [-0.4, -0.2) is 33.2 Å². The summed E-state index contributed by atoms with van der Waals surface area (Å²) < 4.78 is 7.89. The summed E-state index contributed by atoms with van der Waals surface area (Å²) in [5, 5.41) is 3.37. The highest BCUT2D eigenvalue weighted by atomic mass is 16.6. The van der Waals surface area contributed by atoms with Gasteiger partial charge in [0.25, 0.3) is 0 Å². The number of carbonyl (C=O) groups is 1. The van der Waals surface area contributed by atoms with E-state index < -0.39 is 17.2 Å². The fraction of sp³-hybridized carbons (Fsp3) is 0.312. The summed E-state index contributed by atoms with van der Waals surface area (Å²) >= 11 is 0. The highest BCUT2D eigenvalue weighted by molar-refractivity contribution is 5.76. The average Bonchev–Trinajstić information content (AvgIpc) is 3.33. The molecule has 0 unspecified atom stereocenters. The van der Waals surface area contributed by atoms with Gasteiger partial charge in [-0.05, 0) is 37.5 Å². The van der Waals surface area contributed by atoms with Crippen LogP contribution in [0.25, 0.3) is 0 Å². The lowest BCUT2D eigenvalue weighted by Crippen LogP contribution is -2.45. The molecule has 3 aromatic carbocycles. The summed E-state index contributed by atoms with van der Waals surface area (Å²) in [6.07, 6.45) is 4.37. The number of imidazole rings is 1. The Hall–Kier alpha value is -3.70. The topological polar surface area (TPSA) is 56.2 Å². The van der Waals surface area contributed by atoms with Crippen LogP contribution >= 0.6 is 0 Å². The Morgan fingerprint density at radius 2 is 1.30 bits per heavy atom. The van der Waals surface area contributed by atoms with Crippen LogP contribution < -0.4 is 5.32 Å². The average molecular weight is 496 g/mol. The van der Waals surface area contributed by atoms with Gasteiger partial charge in [-0.15, -0.1) is 0 Å². The molecule has 0 aliphatic heterocycles. The highest BCUT2D eigenvalue weighted by Gasteiger charge is 2.38. The lowest BCUT2D eigenvalue weighted by Gasteiger charge is -2.37. The molecule has 0 aliphatic rings. The van der Waals surface area contributed by atoms with Gasteiger partial charge < -0.3 is 14.6 Å². The van der Waals surface area contributed by atoms with E-state index in [1.165, 1.54) is 0 Å². The van der Waals surface area contributed by atoms with Gasteiger partial charge in [0.2, 0.25) is 0 Å². The van der Waals surface area contributed by atoms with Crippen LogP contribution in [0, 0.1) is 0 Å². The Labute approximate surface area is 220 Å². The molecular formula is C32H37N3O2. The lowest BCUT2D eigenvalue weighted by molar-refractivity contribution is -0.157. The van der Waals surface area contributed by atoms with Crippen molar-refractivity contribution in [2.45, 2.75) is 64.3 Å². The minimum Gasteiger partial charge on any atom is -0.459 e. The molecule has 0 bridgehead atoms. The Kier molecular flexibility index (Phi) is 7.94. The first-order chi connectivity index (χ1) is 17.7. The van der Waals surface area contributed by atoms with E-state index in [2.05, 4.69) is 88.9 Å². The quantitative estimate of drug-likeness (QED) is 0.229. The molecule has 0 amide bonds. The minimum atomic E-state index is -0.637. The number of rotatable bonds is 9. The molecule has 0 spiro atoms. The number of hydrogen-bond donors (Lipinski definition) is 1. The second-order valence-corrected chi connectivity index (χ2v) is 10.7. The predicted octanol–water partition coefficient (Wildman–Crippen LogP) is 5.97. The van der Waals surface area contributed by atoms with Gasteiger partial charge in [0, 0.05) is 18.7 Å². The summed E-state index contributed by atoms with van der Waals surface area (Å²) in [5.74, 6) is -0.267. The third-order valence-corrected chi connectivity index (χ3v) is 6.24. The van der Waals surface area contributed by atoms with E-state index in [0.29, 0.717) is 6.42 Å². The molecule has 1 heterocycles. The largest absolute Gasteiger partial charge is 0.459 e. The normalized spacial score (nSPS) is 12.9. The molecule has 37 heavy (non-hydrogen) atoms. The lowest BCUT2D eigenvalue weighted by atomic mass is 9.77. The maximum absolute atomic E-state index is 13.0. The smallest absolute Gasteiger partial charge is 0.324 e. The molecule has 5 nitrogen and oxygen atoms in total. The number of esters is 1. The molecular weight excluding hydrogens is 458 g/mol. The van der Waals surface area contributed by atoms with E-state index in [1.807, 2.05) is 59.1 Å². The van der Waals surface area contributed by atoms with Gasteiger partial charge >= 0.3 is 5.97 Å². The van der Waals surface area contributed by atoms with Crippen molar-refractivity contribution >= 4 is 5.97 Å². The SMILES string of the molecule is CC(C)N[C@@H](Cc1cn(C(c2ccccc2)(c2ccccc2)c2ccccc2)cn1)C(=O)OC(C)(C)C. The van der Waals surface area contributed by atoms with Gasteiger partial charge in [0.15, 0.2) is 0 Å². The van der Waals surface area contributed by atoms with Crippen molar-refractivity contribution in [2.75, 3.05) is 0 Å². The van der Waals surface area contributed by atoms with Crippen LogP contribution in [0.5, 0.6) is 0 Å². The molecule has 0 saturated heterocycles. The van der Waals surface area contributed by atoms with Crippen molar-refractivity contribution in [2.24, 2.45) is 0 Å². The van der Waals surface area contributed by atoms with Crippen LogP contribution in [0.2, 0.25) is 0 Å². The molecule has 0 saturated carbocycles. The third kappa shape index (κ3) is 6.00. The van der Waals surface area contributed by atoms with Crippen molar-refractivity contribution in [3.8, 4) is 0 Å². The summed E-state index contributed by atoms with van der Waals surface area (Å²) in [7, 11) is 0. The molecule has 1 N–H and O–H groups in total. The Morgan fingerprint density at radius 3 is 1.70 bits per heavy atom. The summed E-state index contributed by atoms with van der Waals surface area (Å²) in [6, 6.07) is 31.1. The second kappa shape index (κ2) is 11.1. The number of ether oxygens (including phenoxy) is 1. The number of nitrogens with one attached hydrogen (secondary N) is 1.